The van der Waals surface area contributed by atoms with Gasteiger partial charge in [-0.25, -0.2) is 9.38 Å². The summed E-state index contributed by atoms with van der Waals surface area (Å²) < 4.78 is 13.5. The van der Waals surface area contributed by atoms with E-state index in [0.29, 0.717) is 6.54 Å². The maximum Gasteiger partial charge on any atom is 0.191 e. The highest BCUT2D eigenvalue weighted by Crippen LogP contribution is 2.20. The van der Waals surface area contributed by atoms with Gasteiger partial charge in [0.25, 0.3) is 0 Å². The molecule has 0 amide bonds. The van der Waals surface area contributed by atoms with Gasteiger partial charge in [-0.3, -0.25) is 0 Å². The molecule has 27 heavy (non-hydrogen) atoms. The topological polar surface area (TPSA) is 39.7 Å². The lowest BCUT2D eigenvalue weighted by Gasteiger charge is -2.31. The Morgan fingerprint density at radius 1 is 1.22 bits per heavy atom. The summed E-state index contributed by atoms with van der Waals surface area (Å²) in [5.74, 6) is 2.30. The number of likely N-dealkylation sites (tertiary alicyclic amines) is 1. The first kappa shape index (κ1) is 22.0. The molecule has 0 atom stereocenters. The minimum atomic E-state index is -0.175. The standard InChI is InChI=1S/C21H35FN4S/c1-4-23-21(24-11-8-17-9-12-26(5-2)13-10-17)25-15-18-6-7-20(22)14-19(18)16-27-3/h6-7,14,17H,4-5,8-13,15-16H2,1-3H3,(H2,23,24,25). The van der Waals surface area contributed by atoms with Gasteiger partial charge in [0.2, 0.25) is 0 Å². The lowest BCUT2D eigenvalue weighted by atomic mass is 9.93. The predicted molar refractivity (Wildman–Crippen MR) is 116 cm³/mol. The van der Waals surface area contributed by atoms with Crippen LogP contribution < -0.4 is 10.6 Å². The van der Waals surface area contributed by atoms with E-state index in [4.69, 9.17) is 4.99 Å². The van der Waals surface area contributed by atoms with Crippen molar-refractivity contribution in [1.82, 2.24) is 15.5 Å². The second-order valence-corrected chi connectivity index (χ2v) is 8.00. The van der Waals surface area contributed by atoms with Gasteiger partial charge < -0.3 is 15.5 Å². The van der Waals surface area contributed by atoms with Crippen molar-refractivity contribution >= 4 is 17.7 Å². The van der Waals surface area contributed by atoms with Crippen molar-refractivity contribution in [3.63, 3.8) is 0 Å². The highest BCUT2D eigenvalue weighted by Gasteiger charge is 2.17. The van der Waals surface area contributed by atoms with Crippen LogP contribution in [0.1, 0.15) is 44.2 Å². The summed E-state index contributed by atoms with van der Waals surface area (Å²) in [6, 6.07) is 5.01. The van der Waals surface area contributed by atoms with E-state index in [2.05, 4.69) is 29.4 Å². The van der Waals surface area contributed by atoms with E-state index in [-0.39, 0.29) is 5.82 Å². The summed E-state index contributed by atoms with van der Waals surface area (Å²) in [5, 5.41) is 6.79. The maximum atomic E-state index is 13.5. The molecule has 4 nitrogen and oxygen atoms in total. The molecule has 1 aromatic carbocycles. The van der Waals surface area contributed by atoms with Crippen LogP contribution >= 0.6 is 11.8 Å². The number of aliphatic imine (C=N–C) groups is 1. The molecular formula is C21H35FN4S. The fourth-order valence-corrected chi connectivity index (χ4v) is 4.11. The number of thioether (sulfide) groups is 1. The van der Waals surface area contributed by atoms with Gasteiger partial charge in [-0.2, -0.15) is 11.8 Å². The number of rotatable bonds is 9. The van der Waals surface area contributed by atoms with Crippen molar-refractivity contribution in [3.05, 3.63) is 35.1 Å². The molecule has 0 saturated carbocycles. The fourth-order valence-electron chi connectivity index (χ4n) is 3.53. The summed E-state index contributed by atoms with van der Waals surface area (Å²) in [6.45, 7) is 10.3. The largest absolute Gasteiger partial charge is 0.357 e. The Kier molecular flexibility index (Phi) is 9.98. The van der Waals surface area contributed by atoms with Gasteiger partial charge in [0, 0.05) is 18.8 Å². The molecule has 2 rings (SSSR count). The molecule has 0 spiro atoms. The van der Waals surface area contributed by atoms with Crippen LogP contribution in [0.3, 0.4) is 0 Å². The molecule has 6 heteroatoms. The van der Waals surface area contributed by atoms with Crippen LogP contribution in [0, 0.1) is 11.7 Å². The van der Waals surface area contributed by atoms with E-state index in [1.165, 1.54) is 45.0 Å². The second-order valence-electron chi connectivity index (χ2n) is 7.13. The monoisotopic (exact) mass is 394 g/mol. The average molecular weight is 395 g/mol. The molecule has 0 aromatic heterocycles. The predicted octanol–water partition coefficient (Wildman–Crippen LogP) is 3.87. The molecule has 1 aliphatic heterocycles. The van der Waals surface area contributed by atoms with Crippen LogP contribution in [0.15, 0.2) is 23.2 Å². The Labute approximate surface area is 168 Å². The molecule has 0 radical (unpaired) electrons. The molecule has 152 valence electrons. The summed E-state index contributed by atoms with van der Waals surface area (Å²) in [4.78, 5) is 7.25. The van der Waals surface area contributed by atoms with Crippen LogP contribution in [0.4, 0.5) is 4.39 Å². The zero-order chi connectivity index (χ0) is 19.5. The third-order valence-corrected chi connectivity index (χ3v) is 5.82. The van der Waals surface area contributed by atoms with Crippen molar-refractivity contribution in [2.75, 3.05) is 39.0 Å². The second kappa shape index (κ2) is 12.2. The Morgan fingerprint density at radius 2 is 2.00 bits per heavy atom. The smallest absolute Gasteiger partial charge is 0.191 e. The number of hydrogen-bond acceptors (Lipinski definition) is 3. The Morgan fingerprint density at radius 3 is 2.67 bits per heavy atom. The van der Waals surface area contributed by atoms with Crippen LogP contribution in [0.2, 0.25) is 0 Å². The maximum absolute atomic E-state index is 13.5. The van der Waals surface area contributed by atoms with E-state index in [0.717, 1.165) is 41.8 Å². The van der Waals surface area contributed by atoms with Gasteiger partial charge in [-0.15, -0.1) is 0 Å². The minimum absolute atomic E-state index is 0.175. The van der Waals surface area contributed by atoms with Gasteiger partial charge >= 0.3 is 0 Å². The molecular weight excluding hydrogens is 359 g/mol. The Balaban J connectivity index is 1.85. The molecule has 2 N–H and O–H groups in total. The molecule has 1 fully saturated rings. The van der Waals surface area contributed by atoms with Gasteiger partial charge in [0.1, 0.15) is 5.82 Å². The number of guanidine groups is 1. The van der Waals surface area contributed by atoms with E-state index < -0.39 is 0 Å². The SMILES string of the molecule is CCNC(=NCc1ccc(F)cc1CSC)NCCC1CCN(CC)CC1. The van der Waals surface area contributed by atoms with E-state index in [1.807, 2.05) is 12.3 Å². The Hall–Kier alpha value is -1.27. The normalized spacial score (nSPS) is 16.5. The van der Waals surface area contributed by atoms with Gasteiger partial charge in [-0.05, 0) is 81.3 Å². The summed E-state index contributed by atoms with van der Waals surface area (Å²) >= 11 is 1.70. The fraction of sp³-hybridized carbons (Fsp3) is 0.667. The van der Waals surface area contributed by atoms with E-state index >= 15 is 0 Å². The van der Waals surface area contributed by atoms with Crippen molar-refractivity contribution in [1.29, 1.82) is 0 Å². The molecule has 0 bridgehead atoms. The highest BCUT2D eigenvalue weighted by atomic mass is 32.2. The van der Waals surface area contributed by atoms with Crippen LogP contribution in [-0.2, 0) is 12.3 Å². The molecule has 1 aliphatic rings. The summed E-state index contributed by atoms with van der Waals surface area (Å²) in [7, 11) is 0. The third-order valence-electron chi connectivity index (χ3n) is 5.22. The number of piperidine rings is 1. The van der Waals surface area contributed by atoms with E-state index in [9.17, 15) is 4.39 Å². The van der Waals surface area contributed by atoms with Gasteiger partial charge in [0.15, 0.2) is 5.96 Å². The van der Waals surface area contributed by atoms with Gasteiger partial charge in [-0.1, -0.05) is 13.0 Å². The van der Waals surface area contributed by atoms with Crippen LogP contribution in [0.5, 0.6) is 0 Å². The number of benzene rings is 1. The molecule has 1 heterocycles. The quantitative estimate of drug-likeness (QED) is 0.493. The number of nitrogens with one attached hydrogen (secondary N) is 2. The Bertz CT molecular complexity index is 586. The third kappa shape index (κ3) is 7.70. The first-order valence-corrected chi connectivity index (χ1v) is 11.6. The minimum Gasteiger partial charge on any atom is -0.357 e. The number of nitrogens with zero attached hydrogens (tertiary/aromatic N) is 2. The van der Waals surface area contributed by atoms with Crippen molar-refractivity contribution in [2.24, 2.45) is 10.9 Å². The van der Waals surface area contributed by atoms with Gasteiger partial charge in [0.05, 0.1) is 6.54 Å². The number of halogens is 1. The zero-order valence-corrected chi connectivity index (χ0v) is 17.9. The summed E-state index contributed by atoms with van der Waals surface area (Å²) in [6.07, 6.45) is 5.83. The first-order chi connectivity index (χ1) is 13.2. The van der Waals surface area contributed by atoms with Crippen molar-refractivity contribution < 1.29 is 4.39 Å². The van der Waals surface area contributed by atoms with E-state index in [1.54, 1.807) is 17.8 Å². The first-order valence-electron chi connectivity index (χ1n) is 10.2. The molecule has 1 aromatic rings. The molecule has 1 saturated heterocycles. The summed E-state index contributed by atoms with van der Waals surface area (Å²) in [5.41, 5.74) is 2.12. The van der Waals surface area contributed by atoms with Crippen molar-refractivity contribution in [2.45, 2.75) is 45.4 Å². The number of hydrogen-bond donors (Lipinski definition) is 2. The van der Waals surface area contributed by atoms with Crippen molar-refractivity contribution in [3.8, 4) is 0 Å². The van der Waals surface area contributed by atoms with Crippen LogP contribution in [-0.4, -0.2) is 49.8 Å². The molecule has 0 unspecified atom stereocenters. The van der Waals surface area contributed by atoms with Crippen LogP contribution in [0.25, 0.3) is 0 Å². The average Bonchev–Trinajstić information content (AvgIpc) is 2.68. The molecule has 0 aliphatic carbocycles. The lowest BCUT2D eigenvalue weighted by molar-refractivity contribution is 0.187. The zero-order valence-electron chi connectivity index (χ0n) is 17.1. The lowest BCUT2D eigenvalue weighted by Crippen LogP contribution is -2.39. The highest BCUT2D eigenvalue weighted by molar-refractivity contribution is 7.97.